The van der Waals surface area contributed by atoms with E-state index in [0.29, 0.717) is 75.3 Å². The third-order valence-electron chi connectivity index (χ3n) is 25.6. The molecule has 4 aromatic rings. The van der Waals surface area contributed by atoms with Gasteiger partial charge in [0.1, 0.15) is 32.9 Å². The molecule has 0 bridgehead atoms. The Bertz CT molecular complexity index is 4600. The fourth-order valence-corrected chi connectivity index (χ4v) is 22.2. The number of carboxylic acid groups (broad SMARTS) is 1. The molecular weight excluding hydrogens is 1690 g/mol. The van der Waals surface area contributed by atoms with E-state index in [1.807, 2.05) is 70.7 Å². The molecule has 8 heterocycles. The van der Waals surface area contributed by atoms with E-state index in [4.69, 9.17) is 18.9 Å². The van der Waals surface area contributed by atoms with Gasteiger partial charge < -0.3 is 63.3 Å². The van der Waals surface area contributed by atoms with Crippen molar-refractivity contribution in [2.75, 3.05) is 124 Å². The second-order valence-corrected chi connectivity index (χ2v) is 47.4. The van der Waals surface area contributed by atoms with Crippen LogP contribution in [0.2, 0.25) is 0 Å². The van der Waals surface area contributed by atoms with Crippen molar-refractivity contribution in [3.05, 3.63) is 99.5 Å². The van der Waals surface area contributed by atoms with Crippen LogP contribution in [-0.2, 0) is 38.6 Å². The standard InChI is InChI=1S/C23H32N2O5S.C23H32N2O3S.C22H30N2O6S.C15H18BrNO.C8H15NO2S/c1-16(26)19-6-5-17(13-20(19)24-11-9-23(7-8-23)10-12-24)31(28,29)18-14-25(15-18)21(27)30-22(2,3)4;1-16(26)19-6-5-17(13-20(19)24-11-9-23(7-8-23)10-12-24)29-18-14-25(15-18)21(27)28-22(2,3)4;1-21(2,3)30-20(27)24-13-16(14-24)31(28,29)15-4-5-17(19(25)26)18(12-15)23-10-8-22(6-7-22)9-11-23;1-11(18)13-3-2-12(16)10-14(13)17-8-6-15(4-5-15)7-9-17;1-8(2,3)11-7(10)9-4-6(12)5-9/h5-6,13,18H,7-12,14-15H2,1-4H3;5-6,13,18H,7-12,14-15H2,1-4H3;4-5,12,16H,6-11,13-14H2,1-3H3,(H,25,26);2-3,10H,4-9H2,1H3;6,12H,4-5H2,1-3H3. The number of benzene rings is 4. The third-order valence-corrected chi connectivity index (χ3v) is 31.7. The molecule has 4 aliphatic carbocycles. The molecule has 0 unspecified atom stereocenters. The number of aromatic carboxylic acids is 1. The van der Waals surface area contributed by atoms with Crippen LogP contribution in [0.1, 0.15) is 248 Å². The first kappa shape index (κ1) is 92.9. The van der Waals surface area contributed by atoms with Crippen molar-refractivity contribution >= 4 is 130 Å². The molecular formula is C91H127BrN8O17S4. The van der Waals surface area contributed by atoms with Crippen LogP contribution in [0.3, 0.4) is 0 Å². The lowest BCUT2D eigenvalue weighted by atomic mass is 9.93. The number of halogens is 1. The van der Waals surface area contributed by atoms with Crippen molar-refractivity contribution < 1.29 is 79.2 Å². The highest BCUT2D eigenvalue weighted by atomic mass is 79.9. The number of ether oxygens (including phenoxy) is 4. The van der Waals surface area contributed by atoms with Crippen LogP contribution in [0.5, 0.6) is 0 Å². The second kappa shape index (κ2) is 36.0. The number of rotatable bonds is 14. The zero-order valence-corrected chi connectivity index (χ0v) is 78.4. The van der Waals surface area contributed by atoms with E-state index in [1.165, 1.54) is 123 Å². The molecule has 4 aromatic carbocycles. The number of thioether (sulfide) groups is 1. The Balaban J connectivity index is 0.000000143. The molecule has 0 radical (unpaired) electrons. The molecule has 12 aliphatic rings. The predicted molar refractivity (Wildman–Crippen MR) is 478 cm³/mol. The smallest absolute Gasteiger partial charge is 0.410 e. The van der Waals surface area contributed by atoms with Crippen LogP contribution >= 0.6 is 40.3 Å². The lowest BCUT2D eigenvalue weighted by Crippen LogP contribution is -2.57. The summed E-state index contributed by atoms with van der Waals surface area (Å²) in [4.78, 5) is 112. The molecule has 12 fully saturated rings. The number of anilines is 4. The number of carbonyl (C=O) groups excluding carboxylic acids is 7. The number of hydrogen-bond acceptors (Lipinski definition) is 22. The van der Waals surface area contributed by atoms with E-state index in [9.17, 15) is 60.3 Å². The number of hydrogen-bond donors (Lipinski definition) is 2. The largest absolute Gasteiger partial charge is 0.478 e. The first-order valence-electron chi connectivity index (χ1n) is 43.1. The number of likely N-dealkylation sites (tertiary alicyclic amines) is 4. The highest BCUT2D eigenvalue weighted by Gasteiger charge is 2.50. The van der Waals surface area contributed by atoms with Crippen LogP contribution in [0.25, 0.3) is 0 Å². The van der Waals surface area contributed by atoms with Crippen LogP contribution in [0, 0.1) is 21.7 Å². The van der Waals surface area contributed by atoms with E-state index in [-0.39, 0.29) is 71.1 Å². The van der Waals surface area contributed by atoms with Gasteiger partial charge in [0, 0.05) is 158 Å². The van der Waals surface area contributed by atoms with E-state index in [1.54, 1.807) is 89.1 Å². The Labute approximate surface area is 734 Å². The second-order valence-electron chi connectivity index (χ2n) is 39.9. The SMILES string of the molecule is CC(=O)c1ccc(Br)cc1N1CCC2(CC1)CC2.CC(=O)c1ccc(S(=O)(=O)C2CN(C(=O)OC(C)(C)C)C2)cc1N1CCC2(CC1)CC2.CC(=O)c1ccc(SC2CN(C(=O)OC(C)(C)C)C2)cc1N1CCC2(CC1)CC2.CC(C)(C)OC(=O)N1CC(S(=O)(=O)c2ccc(C(=O)O)c(N3CCC4(CC3)CC4)c2)C1.CC(C)(C)OC(=O)N1CC(S)C1. The van der Waals surface area contributed by atoms with Gasteiger partial charge in [-0.3, -0.25) is 14.4 Å². The van der Waals surface area contributed by atoms with Gasteiger partial charge >= 0.3 is 30.3 Å². The quantitative estimate of drug-likeness (QED) is 0.0673. The van der Waals surface area contributed by atoms with Gasteiger partial charge in [0.2, 0.25) is 0 Å². The monoisotopic (exact) mass is 1810 g/mol. The van der Waals surface area contributed by atoms with Crippen molar-refractivity contribution in [1.82, 2.24) is 19.6 Å². The Hall–Kier alpha value is -7.28. The molecule has 4 amide bonds. The predicted octanol–water partition coefficient (Wildman–Crippen LogP) is 17.4. The van der Waals surface area contributed by atoms with Crippen LogP contribution in [0.15, 0.2) is 92.0 Å². The summed E-state index contributed by atoms with van der Waals surface area (Å²) in [5, 5.41) is 8.94. The first-order valence-corrected chi connectivity index (χ1v) is 48.4. The number of thiol groups is 1. The van der Waals surface area contributed by atoms with Crippen molar-refractivity contribution in [2.24, 2.45) is 21.7 Å². The summed E-state index contributed by atoms with van der Waals surface area (Å²) in [5.41, 5.74) is 5.85. The van der Waals surface area contributed by atoms with Crippen molar-refractivity contribution in [2.45, 2.75) is 265 Å². The average molecular weight is 1810 g/mol. The van der Waals surface area contributed by atoms with E-state index in [0.717, 1.165) is 105 Å². The molecule has 4 spiro atoms. The van der Waals surface area contributed by atoms with Gasteiger partial charge in [-0.1, -0.05) is 15.9 Å². The van der Waals surface area contributed by atoms with E-state index in [2.05, 4.69) is 55.4 Å². The molecule has 8 aliphatic heterocycles. The van der Waals surface area contributed by atoms with Gasteiger partial charge in [0.05, 0.1) is 21.0 Å². The summed E-state index contributed by atoms with van der Waals surface area (Å²) in [6.45, 7) is 37.3. The van der Waals surface area contributed by atoms with E-state index < -0.39 is 70.7 Å². The summed E-state index contributed by atoms with van der Waals surface area (Å²) in [7, 11) is -7.31. The minimum Gasteiger partial charge on any atom is -0.478 e. The summed E-state index contributed by atoms with van der Waals surface area (Å²) < 4.78 is 75.0. The number of ketones is 3. The Morgan fingerprint density at radius 3 is 0.934 bits per heavy atom. The average Bonchev–Trinajstić information content (AvgIpc) is 1.60. The molecule has 4 saturated carbocycles. The molecule has 25 nitrogen and oxygen atoms in total. The molecule has 8 saturated heterocycles. The van der Waals surface area contributed by atoms with Crippen molar-refractivity contribution in [3.63, 3.8) is 0 Å². The zero-order valence-electron chi connectivity index (χ0n) is 73.5. The maximum atomic E-state index is 13.2. The first-order chi connectivity index (χ1) is 56.4. The maximum Gasteiger partial charge on any atom is 0.410 e. The summed E-state index contributed by atoms with van der Waals surface area (Å²) >= 11 is 9.50. The maximum absolute atomic E-state index is 13.2. The van der Waals surface area contributed by atoms with Crippen molar-refractivity contribution in [1.29, 1.82) is 0 Å². The number of amides is 4. The summed E-state index contributed by atoms with van der Waals surface area (Å²) in [6.07, 6.45) is 18.4. The van der Waals surface area contributed by atoms with E-state index >= 15 is 0 Å². The molecule has 0 aromatic heterocycles. The van der Waals surface area contributed by atoms with Crippen LogP contribution in [-0.4, -0.2) is 237 Å². The molecule has 1 N–H and O–H groups in total. The van der Waals surface area contributed by atoms with Gasteiger partial charge in [-0.2, -0.15) is 12.6 Å². The van der Waals surface area contributed by atoms with Gasteiger partial charge in [-0.15, -0.1) is 11.8 Å². The fraction of sp³-hybridized carbons (Fsp3) is 0.648. The van der Waals surface area contributed by atoms with Gasteiger partial charge in [-0.25, -0.2) is 40.8 Å². The highest BCUT2D eigenvalue weighted by molar-refractivity contribution is 9.10. The fourth-order valence-electron chi connectivity index (χ4n) is 16.9. The highest BCUT2D eigenvalue weighted by Crippen LogP contribution is 2.57. The number of sulfone groups is 2. The zero-order chi connectivity index (χ0) is 88.1. The lowest BCUT2D eigenvalue weighted by molar-refractivity contribution is 0.0128. The van der Waals surface area contributed by atoms with Gasteiger partial charge in [0.25, 0.3) is 0 Å². The molecule has 30 heteroatoms. The van der Waals surface area contributed by atoms with Crippen LogP contribution < -0.4 is 19.6 Å². The summed E-state index contributed by atoms with van der Waals surface area (Å²) in [5.74, 6) is -0.844. The number of carbonyl (C=O) groups is 8. The molecule has 16 rings (SSSR count). The number of piperidine rings is 4. The van der Waals surface area contributed by atoms with Gasteiger partial charge in [0.15, 0.2) is 37.0 Å². The topological polar surface area (TPSA) is 288 Å². The van der Waals surface area contributed by atoms with Crippen LogP contribution in [0.4, 0.5) is 41.9 Å². The Morgan fingerprint density at radius 1 is 0.380 bits per heavy atom. The molecule has 664 valence electrons. The summed E-state index contributed by atoms with van der Waals surface area (Å²) in [6, 6.07) is 21.3. The minimum atomic E-state index is -3.70. The molecule has 0 atom stereocenters. The molecule has 121 heavy (non-hydrogen) atoms. The third kappa shape index (κ3) is 23.8. The normalized spacial score (nSPS) is 20.8. The number of carboxylic acids is 1. The number of Topliss-reactive ketones (excluding diaryl/α,β-unsaturated/α-hetero) is 3. The van der Waals surface area contributed by atoms with Gasteiger partial charge in [-0.05, 0) is 301 Å². The minimum absolute atomic E-state index is 0.0644. The Kier molecular flexibility index (Phi) is 27.6. The lowest BCUT2D eigenvalue weighted by Gasteiger charge is -2.39. The number of nitrogens with zero attached hydrogens (tertiary/aromatic N) is 8. The Morgan fingerprint density at radius 2 is 0.645 bits per heavy atom. The van der Waals surface area contributed by atoms with Crippen molar-refractivity contribution in [3.8, 4) is 0 Å².